The zero-order valence-electron chi connectivity index (χ0n) is 9.95. The fourth-order valence-electron chi connectivity index (χ4n) is 1.52. The molecule has 0 saturated carbocycles. The number of anilines is 1. The lowest BCUT2D eigenvalue weighted by molar-refractivity contribution is 0.265. The number of hydrogen-bond acceptors (Lipinski definition) is 2. The maximum absolute atomic E-state index is 8.81. The van der Waals surface area contributed by atoms with Crippen molar-refractivity contribution >= 4 is 23.0 Å². The summed E-state index contributed by atoms with van der Waals surface area (Å²) in [5.74, 6) is 0. The summed E-state index contributed by atoms with van der Waals surface area (Å²) in [6.45, 7) is 4.75. The number of rotatable bonds is 3. The Morgan fingerprint density at radius 2 is 1.88 bits per heavy atom. The molecule has 2 N–H and O–H groups in total. The predicted molar refractivity (Wildman–Crippen MR) is 71.9 cm³/mol. The van der Waals surface area contributed by atoms with Gasteiger partial charge in [0.25, 0.3) is 0 Å². The number of aliphatic hydroxyl groups is 1. The molecule has 0 atom stereocenters. The SMILES string of the molecule is Cc1cc(C)cc(NC(=S)N(C)CCO)c1. The Balaban J connectivity index is 2.69. The van der Waals surface area contributed by atoms with E-state index in [0.717, 1.165) is 5.69 Å². The van der Waals surface area contributed by atoms with Crippen LogP contribution in [0.5, 0.6) is 0 Å². The summed E-state index contributed by atoms with van der Waals surface area (Å²) in [4.78, 5) is 1.81. The van der Waals surface area contributed by atoms with Gasteiger partial charge >= 0.3 is 0 Å². The van der Waals surface area contributed by atoms with Crippen LogP contribution in [0.4, 0.5) is 5.69 Å². The van der Waals surface area contributed by atoms with Crippen molar-refractivity contribution in [3.8, 4) is 0 Å². The van der Waals surface area contributed by atoms with Gasteiger partial charge in [-0.3, -0.25) is 0 Å². The van der Waals surface area contributed by atoms with Crippen LogP contribution in [0.2, 0.25) is 0 Å². The first kappa shape index (κ1) is 12.9. The lowest BCUT2D eigenvalue weighted by Crippen LogP contribution is -2.33. The number of aliphatic hydroxyl groups excluding tert-OH is 1. The molecule has 0 aliphatic heterocycles. The standard InChI is InChI=1S/C12H18N2OS/c1-9-6-10(2)8-11(7-9)13-12(16)14(3)4-5-15/h6-8,15H,4-5H2,1-3H3,(H,13,16). The summed E-state index contributed by atoms with van der Waals surface area (Å²) in [5, 5.41) is 12.6. The molecule has 0 aliphatic rings. The molecule has 1 aromatic rings. The molecule has 0 aromatic heterocycles. The number of thiocarbonyl (C=S) groups is 1. The molecule has 0 radical (unpaired) electrons. The van der Waals surface area contributed by atoms with Crippen LogP contribution in [0.3, 0.4) is 0 Å². The van der Waals surface area contributed by atoms with Gasteiger partial charge < -0.3 is 15.3 Å². The smallest absolute Gasteiger partial charge is 0.173 e. The van der Waals surface area contributed by atoms with Crippen molar-refractivity contribution in [3.05, 3.63) is 29.3 Å². The molecule has 0 aliphatic carbocycles. The van der Waals surface area contributed by atoms with E-state index in [-0.39, 0.29) is 6.61 Å². The topological polar surface area (TPSA) is 35.5 Å². The van der Waals surface area contributed by atoms with Gasteiger partial charge in [0.15, 0.2) is 5.11 Å². The summed E-state index contributed by atoms with van der Waals surface area (Å²) in [6, 6.07) is 6.21. The Morgan fingerprint density at radius 1 is 1.31 bits per heavy atom. The fraction of sp³-hybridized carbons (Fsp3) is 0.417. The lowest BCUT2D eigenvalue weighted by atomic mass is 10.1. The molecule has 16 heavy (non-hydrogen) atoms. The second kappa shape index (κ2) is 5.82. The van der Waals surface area contributed by atoms with Gasteiger partial charge in [0.1, 0.15) is 0 Å². The Morgan fingerprint density at radius 3 is 2.38 bits per heavy atom. The molecule has 3 nitrogen and oxygen atoms in total. The molecule has 0 fully saturated rings. The van der Waals surface area contributed by atoms with Crippen molar-refractivity contribution in [1.29, 1.82) is 0 Å². The monoisotopic (exact) mass is 238 g/mol. The highest BCUT2D eigenvalue weighted by Gasteiger charge is 2.04. The molecule has 88 valence electrons. The van der Waals surface area contributed by atoms with Gasteiger partial charge in [0.2, 0.25) is 0 Å². The average molecular weight is 238 g/mol. The second-order valence-electron chi connectivity index (χ2n) is 3.95. The van der Waals surface area contributed by atoms with E-state index in [0.29, 0.717) is 11.7 Å². The van der Waals surface area contributed by atoms with Crippen LogP contribution < -0.4 is 5.32 Å². The summed E-state index contributed by atoms with van der Waals surface area (Å²) in [7, 11) is 1.86. The van der Waals surface area contributed by atoms with Crippen molar-refractivity contribution in [2.24, 2.45) is 0 Å². The zero-order valence-corrected chi connectivity index (χ0v) is 10.8. The van der Waals surface area contributed by atoms with Crippen LogP contribution >= 0.6 is 12.2 Å². The summed E-state index contributed by atoms with van der Waals surface area (Å²) >= 11 is 5.21. The van der Waals surface area contributed by atoms with Crippen LogP contribution in [0.25, 0.3) is 0 Å². The molecule has 0 unspecified atom stereocenters. The van der Waals surface area contributed by atoms with E-state index in [4.69, 9.17) is 17.3 Å². The minimum atomic E-state index is 0.102. The minimum Gasteiger partial charge on any atom is -0.395 e. The van der Waals surface area contributed by atoms with Gasteiger partial charge in [0.05, 0.1) is 6.61 Å². The lowest BCUT2D eigenvalue weighted by Gasteiger charge is -2.20. The largest absolute Gasteiger partial charge is 0.395 e. The average Bonchev–Trinajstić information content (AvgIpc) is 2.16. The molecule has 0 amide bonds. The number of aryl methyl sites for hydroxylation is 2. The maximum Gasteiger partial charge on any atom is 0.173 e. The van der Waals surface area contributed by atoms with Crippen molar-refractivity contribution < 1.29 is 5.11 Å². The first-order valence-electron chi connectivity index (χ1n) is 5.24. The van der Waals surface area contributed by atoms with Crippen LogP contribution in [-0.4, -0.2) is 35.3 Å². The van der Waals surface area contributed by atoms with Gasteiger partial charge in [-0.2, -0.15) is 0 Å². The van der Waals surface area contributed by atoms with Gasteiger partial charge in [0, 0.05) is 19.3 Å². The number of hydrogen-bond donors (Lipinski definition) is 2. The summed E-state index contributed by atoms with van der Waals surface area (Å²) < 4.78 is 0. The number of benzene rings is 1. The number of likely N-dealkylation sites (N-methyl/N-ethyl adjacent to an activating group) is 1. The number of nitrogens with one attached hydrogen (secondary N) is 1. The highest BCUT2D eigenvalue weighted by atomic mass is 32.1. The predicted octanol–water partition coefficient (Wildman–Crippen LogP) is 1.92. The quantitative estimate of drug-likeness (QED) is 0.789. The third-order valence-electron chi connectivity index (χ3n) is 2.26. The van der Waals surface area contributed by atoms with E-state index in [1.165, 1.54) is 11.1 Å². The maximum atomic E-state index is 8.81. The highest BCUT2D eigenvalue weighted by Crippen LogP contribution is 2.14. The van der Waals surface area contributed by atoms with Crippen LogP contribution in [0.1, 0.15) is 11.1 Å². The first-order chi connectivity index (χ1) is 7.52. The molecular weight excluding hydrogens is 220 g/mol. The molecular formula is C12H18N2OS. The fourth-order valence-corrected chi connectivity index (χ4v) is 1.73. The van der Waals surface area contributed by atoms with E-state index >= 15 is 0 Å². The zero-order chi connectivity index (χ0) is 12.1. The molecule has 0 spiro atoms. The third-order valence-corrected chi connectivity index (χ3v) is 2.67. The van der Waals surface area contributed by atoms with Crippen molar-refractivity contribution in [3.63, 3.8) is 0 Å². The molecule has 1 aromatic carbocycles. The van der Waals surface area contributed by atoms with Gasteiger partial charge in [-0.05, 0) is 49.3 Å². The molecule has 0 bridgehead atoms. The highest BCUT2D eigenvalue weighted by molar-refractivity contribution is 7.80. The van der Waals surface area contributed by atoms with E-state index < -0.39 is 0 Å². The van der Waals surface area contributed by atoms with Crippen LogP contribution in [0, 0.1) is 13.8 Å². The normalized spacial score (nSPS) is 10.0. The van der Waals surface area contributed by atoms with E-state index in [9.17, 15) is 0 Å². The summed E-state index contributed by atoms with van der Waals surface area (Å²) in [6.07, 6.45) is 0. The van der Waals surface area contributed by atoms with E-state index in [2.05, 4.69) is 25.2 Å². The van der Waals surface area contributed by atoms with Crippen molar-refractivity contribution in [1.82, 2.24) is 4.90 Å². The Labute approximate surface area is 102 Å². The molecule has 0 heterocycles. The summed E-state index contributed by atoms with van der Waals surface area (Å²) in [5.41, 5.74) is 3.40. The van der Waals surface area contributed by atoms with E-state index in [1.807, 2.05) is 24.1 Å². The second-order valence-corrected chi connectivity index (χ2v) is 4.34. The third kappa shape index (κ3) is 3.79. The van der Waals surface area contributed by atoms with Crippen molar-refractivity contribution in [2.45, 2.75) is 13.8 Å². The van der Waals surface area contributed by atoms with Gasteiger partial charge in [-0.15, -0.1) is 0 Å². The van der Waals surface area contributed by atoms with Crippen molar-refractivity contribution in [2.75, 3.05) is 25.5 Å². The van der Waals surface area contributed by atoms with Crippen LogP contribution in [-0.2, 0) is 0 Å². The Hall–Kier alpha value is -1.13. The Bertz CT molecular complexity index is 359. The Kier molecular flexibility index (Phi) is 4.71. The number of nitrogens with zero attached hydrogens (tertiary/aromatic N) is 1. The van der Waals surface area contributed by atoms with Gasteiger partial charge in [-0.1, -0.05) is 6.07 Å². The van der Waals surface area contributed by atoms with Crippen LogP contribution in [0.15, 0.2) is 18.2 Å². The minimum absolute atomic E-state index is 0.102. The van der Waals surface area contributed by atoms with E-state index in [1.54, 1.807) is 0 Å². The van der Waals surface area contributed by atoms with Gasteiger partial charge in [-0.25, -0.2) is 0 Å². The molecule has 1 rings (SSSR count). The molecule has 0 saturated heterocycles. The first-order valence-corrected chi connectivity index (χ1v) is 5.65. The molecule has 4 heteroatoms.